The second-order valence-corrected chi connectivity index (χ2v) is 5.15. The highest BCUT2D eigenvalue weighted by molar-refractivity contribution is 6.00. The fourth-order valence-corrected chi connectivity index (χ4v) is 1.98. The first kappa shape index (κ1) is 15.1. The highest BCUT2D eigenvalue weighted by atomic mass is 16.6. The Bertz CT molecular complexity index is 630. The van der Waals surface area contributed by atoms with Crippen LogP contribution in [0.1, 0.15) is 35.6 Å². The molecule has 2 rings (SSSR count). The Morgan fingerprint density at radius 1 is 1.10 bits per heavy atom. The maximum Gasteiger partial charge on any atom is 0.142 e. The molecule has 2 aromatic carbocycles. The summed E-state index contributed by atoms with van der Waals surface area (Å²) in [6.07, 6.45) is 0.746. The standard InChI is InChI=1S/C18H21NO2/c1-4-17(16-10-7-14(3)18(20)11-16)19-21-12-15-8-5-13(2)6-9-15/h5-11,20H,4,12H2,1-3H3. The van der Waals surface area contributed by atoms with Crippen LogP contribution in [0.4, 0.5) is 0 Å². The van der Waals surface area contributed by atoms with Gasteiger partial charge < -0.3 is 9.94 Å². The largest absolute Gasteiger partial charge is 0.508 e. The van der Waals surface area contributed by atoms with Crippen LogP contribution < -0.4 is 0 Å². The Hall–Kier alpha value is -2.29. The van der Waals surface area contributed by atoms with Crippen LogP contribution in [0.25, 0.3) is 0 Å². The van der Waals surface area contributed by atoms with Gasteiger partial charge in [0.15, 0.2) is 0 Å². The zero-order valence-electron chi connectivity index (χ0n) is 12.8. The summed E-state index contributed by atoms with van der Waals surface area (Å²) >= 11 is 0. The topological polar surface area (TPSA) is 41.8 Å². The van der Waals surface area contributed by atoms with E-state index in [0.717, 1.165) is 28.8 Å². The Balaban J connectivity index is 2.06. The minimum Gasteiger partial charge on any atom is -0.508 e. The van der Waals surface area contributed by atoms with Crippen LogP contribution in [-0.4, -0.2) is 10.8 Å². The lowest BCUT2D eigenvalue weighted by Gasteiger charge is -2.07. The van der Waals surface area contributed by atoms with E-state index in [2.05, 4.69) is 24.2 Å². The van der Waals surface area contributed by atoms with Gasteiger partial charge in [-0.25, -0.2) is 0 Å². The van der Waals surface area contributed by atoms with Crippen molar-refractivity contribution in [1.29, 1.82) is 0 Å². The van der Waals surface area contributed by atoms with E-state index in [0.29, 0.717) is 6.61 Å². The highest BCUT2D eigenvalue weighted by Gasteiger charge is 2.05. The maximum atomic E-state index is 9.78. The van der Waals surface area contributed by atoms with Crippen molar-refractivity contribution in [3.63, 3.8) is 0 Å². The second-order valence-electron chi connectivity index (χ2n) is 5.15. The number of oxime groups is 1. The van der Waals surface area contributed by atoms with E-state index in [4.69, 9.17) is 4.84 Å². The summed E-state index contributed by atoms with van der Waals surface area (Å²) in [5.41, 5.74) is 4.90. The Morgan fingerprint density at radius 2 is 1.81 bits per heavy atom. The molecule has 21 heavy (non-hydrogen) atoms. The molecule has 1 N–H and O–H groups in total. The second kappa shape index (κ2) is 6.93. The molecular weight excluding hydrogens is 262 g/mol. The van der Waals surface area contributed by atoms with Gasteiger partial charge in [-0.2, -0.15) is 0 Å². The van der Waals surface area contributed by atoms with Crippen molar-refractivity contribution in [3.8, 4) is 5.75 Å². The molecule has 0 heterocycles. The fraction of sp³-hybridized carbons (Fsp3) is 0.278. The third-order valence-corrected chi connectivity index (χ3v) is 3.40. The van der Waals surface area contributed by atoms with Gasteiger partial charge in [0, 0.05) is 5.56 Å². The van der Waals surface area contributed by atoms with Gasteiger partial charge in [-0.3, -0.25) is 0 Å². The number of phenols is 1. The SMILES string of the molecule is CCC(=NOCc1ccc(C)cc1)c1ccc(C)c(O)c1. The predicted octanol–water partition coefficient (Wildman–Crippen LogP) is 4.34. The number of phenolic OH excluding ortho intramolecular Hbond substituents is 1. The van der Waals surface area contributed by atoms with Gasteiger partial charge in [-0.1, -0.05) is 54.0 Å². The van der Waals surface area contributed by atoms with Crippen LogP contribution in [0.3, 0.4) is 0 Å². The van der Waals surface area contributed by atoms with E-state index in [1.54, 1.807) is 6.07 Å². The average molecular weight is 283 g/mol. The molecule has 110 valence electrons. The summed E-state index contributed by atoms with van der Waals surface area (Å²) in [6.45, 7) is 6.39. The molecule has 0 amide bonds. The van der Waals surface area contributed by atoms with Crippen molar-refractivity contribution in [2.24, 2.45) is 5.16 Å². The van der Waals surface area contributed by atoms with E-state index < -0.39 is 0 Å². The first-order valence-electron chi connectivity index (χ1n) is 7.14. The molecule has 3 nitrogen and oxygen atoms in total. The molecule has 2 aromatic rings. The Labute approximate surface area is 125 Å². The van der Waals surface area contributed by atoms with Gasteiger partial charge in [0.05, 0.1) is 5.71 Å². The summed E-state index contributed by atoms with van der Waals surface area (Å²) < 4.78 is 0. The van der Waals surface area contributed by atoms with Gasteiger partial charge in [-0.05, 0) is 37.5 Å². The van der Waals surface area contributed by atoms with Crippen LogP contribution in [-0.2, 0) is 11.4 Å². The molecule has 0 bridgehead atoms. The Kier molecular flexibility index (Phi) is 4.99. The normalized spacial score (nSPS) is 11.5. The Morgan fingerprint density at radius 3 is 2.43 bits per heavy atom. The summed E-state index contributed by atoms with van der Waals surface area (Å²) in [6, 6.07) is 13.8. The van der Waals surface area contributed by atoms with E-state index in [9.17, 15) is 5.11 Å². The lowest BCUT2D eigenvalue weighted by Crippen LogP contribution is -2.01. The first-order valence-corrected chi connectivity index (χ1v) is 7.14. The number of rotatable bonds is 5. The molecule has 0 radical (unpaired) electrons. The molecule has 0 fully saturated rings. The zero-order valence-corrected chi connectivity index (χ0v) is 12.8. The number of hydrogen-bond donors (Lipinski definition) is 1. The smallest absolute Gasteiger partial charge is 0.142 e. The highest BCUT2D eigenvalue weighted by Crippen LogP contribution is 2.19. The monoisotopic (exact) mass is 283 g/mol. The molecule has 0 saturated carbocycles. The molecule has 0 saturated heterocycles. The number of nitrogens with zero attached hydrogens (tertiary/aromatic N) is 1. The van der Waals surface area contributed by atoms with Crippen LogP contribution >= 0.6 is 0 Å². The third-order valence-electron chi connectivity index (χ3n) is 3.40. The predicted molar refractivity (Wildman–Crippen MR) is 85.6 cm³/mol. The van der Waals surface area contributed by atoms with Crippen LogP contribution in [0, 0.1) is 13.8 Å². The van der Waals surface area contributed by atoms with Gasteiger partial charge in [0.25, 0.3) is 0 Å². The fourth-order valence-electron chi connectivity index (χ4n) is 1.98. The van der Waals surface area contributed by atoms with Crippen LogP contribution in [0.2, 0.25) is 0 Å². The maximum absolute atomic E-state index is 9.78. The van der Waals surface area contributed by atoms with Crippen molar-refractivity contribution >= 4 is 5.71 Å². The summed E-state index contributed by atoms with van der Waals surface area (Å²) in [7, 11) is 0. The average Bonchev–Trinajstić information content (AvgIpc) is 2.49. The molecule has 3 heteroatoms. The van der Waals surface area contributed by atoms with Gasteiger partial charge in [-0.15, -0.1) is 0 Å². The van der Waals surface area contributed by atoms with E-state index in [-0.39, 0.29) is 5.75 Å². The van der Waals surface area contributed by atoms with Crippen molar-refractivity contribution in [2.75, 3.05) is 0 Å². The van der Waals surface area contributed by atoms with E-state index in [1.807, 2.05) is 38.1 Å². The summed E-state index contributed by atoms with van der Waals surface area (Å²) in [5.74, 6) is 0.284. The van der Waals surface area contributed by atoms with Gasteiger partial charge >= 0.3 is 0 Å². The quantitative estimate of drug-likeness (QED) is 0.655. The zero-order chi connectivity index (χ0) is 15.2. The van der Waals surface area contributed by atoms with Crippen molar-refractivity contribution in [3.05, 3.63) is 64.7 Å². The molecular formula is C18H21NO2. The number of aryl methyl sites for hydroxylation is 2. The van der Waals surface area contributed by atoms with E-state index >= 15 is 0 Å². The minimum atomic E-state index is 0.284. The molecule has 0 unspecified atom stereocenters. The van der Waals surface area contributed by atoms with Crippen molar-refractivity contribution < 1.29 is 9.94 Å². The molecule has 0 aliphatic heterocycles. The van der Waals surface area contributed by atoms with E-state index in [1.165, 1.54) is 5.56 Å². The molecule has 0 aliphatic carbocycles. The lowest BCUT2D eigenvalue weighted by atomic mass is 10.1. The molecule has 0 aromatic heterocycles. The summed E-state index contributed by atoms with van der Waals surface area (Å²) in [4.78, 5) is 5.44. The minimum absolute atomic E-state index is 0.284. The van der Waals surface area contributed by atoms with Crippen LogP contribution in [0.5, 0.6) is 5.75 Å². The van der Waals surface area contributed by atoms with Crippen molar-refractivity contribution in [1.82, 2.24) is 0 Å². The summed E-state index contributed by atoms with van der Waals surface area (Å²) in [5, 5.41) is 14.0. The van der Waals surface area contributed by atoms with Gasteiger partial charge in [0.2, 0.25) is 0 Å². The van der Waals surface area contributed by atoms with Crippen LogP contribution in [0.15, 0.2) is 47.6 Å². The molecule has 0 atom stereocenters. The molecule has 0 aliphatic rings. The first-order chi connectivity index (χ1) is 10.1. The lowest BCUT2D eigenvalue weighted by molar-refractivity contribution is 0.130. The van der Waals surface area contributed by atoms with Gasteiger partial charge in [0.1, 0.15) is 12.4 Å². The number of aromatic hydroxyl groups is 1. The molecule has 0 spiro atoms. The van der Waals surface area contributed by atoms with Crippen molar-refractivity contribution in [2.45, 2.75) is 33.8 Å². The number of benzene rings is 2. The number of hydrogen-bond acceptors (Lipinski definition) is 3. The third kappa shape index (κ3) is 4.09.